The van der Waals surface area contributed by atoms with Crippen LogP contribution in [-0.2, 0) is 12.8 Å². The van der Waals surface area contributed by atoms with Crippen molar-refractivity contribution < 1.29 is 8.78 Å². The number of hydrogen-bond donors (Lipinski definition) is 0. The first-order valence-corrected chi connectivity index (χ1v) is 7.18. The van der Waals surface area contributed by atoms with Crippen LogP contribution in [0.3, 0.4) is 0 Å². The lowest BCUT2D eigenvalue weighted by atomic mass is 9.93. The Hall–Kier alpha value is -1.41. The molecule has 1 atom stereocenters. The fourth-order valence-electron chi connectivity index (χ4n) is 2.26. The summed E-state index contributed by atoms with van der Waals surface area (Å²) in [6, 6.07) is 12.5. The molecule has 3 heteroatoms. The molecule has 0 bridgehead atoms. The smallest absolute Gasteiger partial charge is 0.162 e. The summed E-state index contributed by atoms with van der Waals surface area (Å²) in [6.45, 7) is 2.03. The van der Waals surface area contributed by atoms with Gasteiger partial charge in [0.15, 0.2) is 11.6 Å². The van der Waals surface area contributed by atoms with Crippen molar-refractivity contribution in [3.05, 3.63) is 70.8 Å². The molecule has 0 spiro atoms. The van der Waals surface area contributed by atoms with Crippen molar-refractivity contribution in [3.63, 3.8) is 0 Å². The highest BCUT2D eigenvalue weighted by atomic mass is 35.5. The molecule has 0 radical (unpaired) electrons. The van der Waals surface area contributed by atoms with E-state index >= 15 is 0 Å². The molecule has 0 heterocycles. The quantitative estimate of drug-likeness (QED) is 0.687. The topological polar surface area (TPSA) is 0 Å². The number of halogens is 3. The van der Waals surface area contributed by atoms with Crippen LogP contribution in [0, 0.1) is 24.5 Å². The molecule has 0 aromatic heterocycles. The van der Waals surface area contributed by atoms with E-state index < -0.39 is 11.6 Å². The van der Waals surface area contributed by atoms with E-state index in [1.54, 1.807) is 6.07 Å². The maximum absolute atomic E-state index is 13.7. The summed E-state index contributed by atoms with van der Waals surface area (Å²) >= 11 is 5.97. The molecule has 0 aliphatic carbocycles. The third-order valence-electron chi connectivity index (χ3n) is 3.40. The minimum atomic E-state index is -0.800. The van der Waals surface area contributed by atoms with Crippen molar-refractivity contribution >= 4 is 11.6 Å². The van der Waals surface area contributed by atoms with Gasteiger partial charge in [-0.25, -0.2) is 8.78 Å². The molecule has 106 valence electrons. The molecule has 0 amide bonds. The summed E-state index contributed by atoms with van der Waals surface area (Å²) in [5.74, 6) is -1.04. The largest absolute Gasteiger partial charge is 0.204 e. The van der Waals surface area contributed by atoms with E-state index in [1.807, 2.05) is 19.1 Å². The summed E-state index contributed by atoms with van der Waals surface area (Å²) < 4.78 is 26.9. The molecule has 2 rings (SSSR count). The molecule has 0 N–H and O–H groups in total. The first-order chi connectivity index (χ1) is 9.60. The van der Waals surface area contributed by atoms with Gasteiger partial charge in [-0.15, -0.1) is 11.6 Å². The number of aryl methyl sites for hydroxylation is 1. The lowest BCUT2D eigenvalue weighted by Crippen LogP contribution is -2.11. The van der Waals surface area contributed by atoms with Gasteiger partial charge in [0.2, 0.25) is 0 Å². The van der Waals surface area contributed by atoms with Gasteiger partial charge >= 0.3 is 0 Å². The van der Waals surface area contributed by atoms with Gasteiger partial charge in [-0.3, -0.25) is 0 Å². The Balaban J connectivity index is 2.09. The van der Waals surface area contributed by atoms with Crippen LogP contribution < -0.4 is 0 Å². The summed E-state index contributed by atoms with van der Waals surface area (Å²) in [4.78, 5) is 0. The minimum absolute atomic E-state index is 0.0932. The van der Waals surface area contributed by atoms with E-state index in [9.17, 15) is 8.78 Å². The molecule has 0 saturated carbocycles. The first-order valence-electron chi connectivity index (χ1n) is 6.64. The third-order valence-corrected chi connectivity index (χ3v) is 3.84. The van der Waals surface area contributed by atoms with Gasteiger partial charge < -0.3 is 0 Å². The van der Waals surface area contributed by atoms with Gasteiger partial charge in [0, 0.05) is 5.88 Å². The van der Waals surface area contributed by atoms with Crippen LogP contribution >= 0.6 is 11.6 Å². The maximum atomic E-state index is 13.7. The lowest BCUT2D eigenvalue weighted by Gasteiger charge is -2.15. The normalized spacial score (nSPS) is 12.4. The van der Waals surface area contributed by atoms with E-state index in [-0.39, 0.29) is 5.92 Å². The van der Waals surface area contributed by atoms with E-state index in [2.05, 4.69) is 12.1 Å². The second kappa shape index (κ2) is 6.85. The zero-order valence-corrected chi connectivity index (χ0v) is 12.1. The number of rotatable bonds is 5. The van der Waals surface area contributed by atoms with E-state index in [0.29, 0.717) is 17.9 Å². The SMILES string of the molecule is Cc1ccc(CC(CCl)Cc2cccc(F)c2F)cc1. The minimum Gasteiger partial charge on any atom is -0.204 e. The average molecular weight is 295 g/mol. The Labute approximate surface area is 123 Å². The fraction of sp³-hybridized carbons (Fsp3) is 0.294. The van der Waals surface area contributed by atoms with Crippen molar-refractivity contribution in [1.82, 2.24) is 0 Å². The summed E-state index contributed by atoms with van der Waals surface area (Å²) in [7, 11) is 0. The van der Waals surface area contributed by atoms with Crippen LogP contribution in [-0.4, -0.2) is 5.88 Å². The van der Waals surface area contributed by atoms with Gasteiger partial charge in [0.1, 0.15) is 0 Å². The third kappa shape index (κ3) is 3.80. The predicted octanol–water partition coefficient (Wildman–Crippen LogP) is 4.91. The van der Waals surface area contributed by atoms with E-state index in [0.717, 1.165) is 18.1 Å². The Bertz CT molecular complexity index is 564. The molecule has 1 unspecified atom stereocenters. The first kappa shape index (κ1) is 15.0. The Morgan fingerprint density at radius 2 is 1.70 bits per heavy atom. The van der Waals surface area contributed by atoms with Crippen molar-refractivity contribution in [3.8, 4) is 0 Å². The number of alkyl halides is 1. The fourth-order valence-corrected chi connectivity index (χ4v) is 2.47. The highest BCUT2D eigenvalue weighted by molar-refractivity contribution is 6.18. The maximum Gasteiger partial charge on any atom is 0.162 e. The van der Waals surface area contributed by atoms with Crippen molar-refractivity contribution in [2.75, 3.05) is 5.88 Å². The van der Waals surface area contributed by atoms with Gasteiger partial charge in [-0.1, -0.05) is 42.0 Å². The molecule has 0 nitrogen and oxygen atoms in total. The monoisotopic (exact) mass is 294 g/mol. The molecular formula is C17H17ClF2. The van der Waals surface area contributed by atoms with Gasteiger partial charge in [-0.2, -0.15) is 0 Å². The zero-order chi connectivity index (χ0) is 14.5. The molecule has 2 aromatic carbocycles. The Kier molecular flexibility index (Phi) is 5.13. The van der Waals surface area contributed by atoms with Crippen molar-refractivity contribution in [2.45, 2.75) is 19.8 Å². The second-order valence-corrected chi connectivity index (χ2v) is 5.44. The lowest BCUT2D eigenvalue weighted by molar-refractivity contribution is 0.484. The summed E-state index contributed by atoms with van der Waals surface area (Å²) in [5.41, 5.74) is 2.76. The summed E-state index contributed by atoms with van der Waals surface area (Å²) in [6.07, 6.45) is 1.21. The molecule has 0 aliphatic rings. The van der Waals surface area contributed by atoms with Crippen molar-refractivity contribution in [1.29, 1.82) is 0 Å². The van der Waals surface area contributed by atoms with E-state index in [4.69, 9.17) is 11.6 Å². The van der Waals surface area contributed by atoms with Crippen molar-refractivity contribution in [2.24, 2.45) is 5.92 Å². The highest BCUT2D eigenvalue weighted by Gasteiger charge is 2.14. The highest BCUT2D eigenvalue weighted by Crippen LogP contribution is 2.20. The Morgan fingerprint density at radius 3 is 2.35 bits per heavy atom. The molecule has 2 aromatic rings. The van der Waals surface area contributed by atoms with Gasteiger partial charge in [-0.05, 0) is 42.9 Å². The standard InChI is InChI=1S/C17H17ClF2/c1-12-5-7-13(8-6-12)9-14(11-18)10-15-3-2-4-16(19)17(15)20/h2-8,14H,9-11H2,1H3. The van der Waals surface area contributed by atoms with Gasteiger partial charge in [0.25, 0.3) is 0 Å². The van der Waals surface area contributed by atoms with Crippen LogP contribution in [0.2, 0.25) is 0 Å². The van der Waals surface area contributed by atoms with Crippen LogP contribution in [0.15, 0.2) is 42.5 Å². The number of hydrogen-bond acceptors (Lipinski definition) is 0. The number of benzene rings is 2. The van der Waals surface area contributed by atoms with Crippen LogP contribution in [0.25, 0.3) is 0 Å². The second-order valence-electron chi connectivity index (χ2n) is 5.13. The van der Waals surface area contributed by atoms with Crippen LogP contribution in [0.1, 0.15) is 16.7 Å². The zero-order valence-electron chi connectivity index (χ0n) is 11.4. The average Bonchev–Trinajstić information content (AvgIpc) is 2.45. The molecule has 0 aliphatic heterocycles. The predicted molar refractivity (Wildman–Crippen MR) is 79.2 cm³/mol. The molecular weight excluding hydrogens is 278 g/mol. The van der Waals surface area contributed by atoms with Gasteiger partial charge in [0.05, 0.1) is 0 Å². The Morgan fingerprint density at radius 1 is 1.00 bits per heavy atom. The molecule has 20 heavy (non-hydrogen) atoms. The van der Waals surface area contributed by atoms with Crippen LogP contribution in [0.5, 0.6) is 0 Å². The molecule has 0 fully saturated rings. The van der Waals surface area contributed by atoms with Crippen LogP contribution in [0.4, 0.5) is 8.78 Å². The molecule has 0 saturated heterocycles. The summed E-state index contributed by atoms with van der Waals surface area (Å²) in [5, 5.41) is 0. The van der Waals surface area contributed by atoms with E-state index in [1.165, 1.54) is 11.6 Å².